The number of para-hydroxylation sites is 1. The monoisotopic (exact) mass is 501 g/mol. The highest BCUT2D eigenvalue weighted by molar-refractivity contribution is 6.39. The molecule has 0 spiro atoms. The number of carbonyl (C=O) groups excluding carboxylic acids is 4. The van der Waals surface area contributed by atoms with Crippen molar-refractivity contribution in [2.45, 2.75) is 0 Å². The third-order valence-electron chi connectivity index (χ3n) is 5.35. The second-order valence-corrected chi connectivity index (χ2v) is 7.77. The van der Waals surface area contributed by atoms with E-state index in [9.17, 15) is 19.2 Å². The smallest absolute Gasteiger partial charge is 0.335 e. The molecule has 0 saturated carbocycles. The maximum Gasteiger partial charge on any atom is 0.335 e. The van der Waals surface area contributed by atoms with Crippen LogP contribution in [0.15, 0.2) is 78.4 Å². The van der Waals surface area contributed by atoms with E-state index in [1.807, 2.05) is 0 Å². The van der Waals surface area contributed by atoms with Gasteiger partial charge in [0.15, 0.2) is 18.1 Å². The van der Waals surface area contributed by atoms with Crippen LogP contribution in [0, 0.1) is 0 Å². The Bertz CT molecular complexity index is 1370. The summed E-state index contributed by atoms with van der Waals surface area (Å²) in [4.78, 5) is 50.9. The number of amides is 5. The van der Waals surface area contributed by atoms with Gasteiger partial charge >= 0.3 is 6.03 Å². The quantitative estimate of drug-likeness (QED) is 0.358. The van der Waals surface area contributed by atoms with Gasteiger partial charge in [-0.15, -0.1) is 0 Å². The first-order chi connectivity index (χ1) is 17.9. The zero-order valence-electron chi connectivity index (χ0n) is 20.0. The summed E-state index contributed by atoms with van der Waals surface area (Å²) in [6.07, 6.45) is 1.35. The van der Waals surface area contributed by atoms with E-state index in [1.54, 1.807) is 79.9 Å². The number of imide groups is 2. The minimum Gasteiger partial charge on any atom is -0.497 e. The van der Waals surface area contributed by atoms with Crippen LogP contribution >= 0.6 is 0 Å². The van der Waals surface area contributed by atoms with Gasteiger partial charge in [-0.3, -0.25) is 19.7 Å². The van der Waals surface area contributed by atoms with Gasteiger partial charge in [0.25, 0.3) is 17.7 Å². The molecule has 0 bridgehead atoms. The summed E-state index contributed by atoms with van der Waals surface area (Å²) >= 11 is 0. The highest BCUT2D eigenvalue weighted by Gasteiger charge is 2.36. The third-order valence-corrected chi connectivity index (χ3v) is 5.35. The predicted octanol–water partition coefficient (Wildman–Crippen LogP) is 3.39. The Labute approximate surface area is 212 Å². The molecule has 1 aliphatic heterocycles. The average molecular weight is 501 g/mol. The van der Waals surface area contributed by atoms with Crippen molar-refractivity contribution in [1.82, 2.24) is 5.32 Å². The van der Waals surface area contributed by atoms with Gasteiger partial charge in [0, 0.05) is 5.69 Å². The molecule has 4 rings (SSSR count). The molecule has 0 radical (unpaired) electrons. The van der Waals surface area contributed by atoms with Gasteiger partial charge in [-0.1, -0.05) is 24.3 Å². The molecule has 3 aromatic carbocycles. The first kappa shape index (κ1) is 25.0. The lowest BCUT2D eigenvalue weighted by Gasteiger charge is -2.26. The SMILES string of the molecule is COc1ccc(NC(=O)COc2ccc(/C=C3/C(=O)NC(=O)N(c4ccccc4)C3=O)cc2OC)cc1. The van der Waals surface area contributed by atoms with Gasteiger partial charge in [-0.05, 0) is 60.2 Å². The number of ether oxygens (including phenoxy) is 3. The third kappa shape index (κ3) is 5.76. The number of carbonyl (C=O) groups is 4. The first-order valence-corrected chi connectivity index (χ1v) is 11.1. The summed E-state index contributed by atoms with van der Waals surface area (Å²) in [6.45, 7) is -0.280. The molecular weight excluding hydrogens is 478 g/mol. The van der Waals surface area contributed by atoms with Gasteiger partial charge in [-0.25, -0.2) is 9.69 Å². The number of hydrogen-bond donors (Lipinski definition) is 2. The van der Waals surface area contributed by atoms with Gasteiger partial charge in [0.1, 0.15) is 11.3 Å². The van der Waals surface area contributed by atoms with Crippen molar-refractivity contribution in [3.8, 4) is 17.2 Å². The molecule has 188 valence electrons. The molecule has 1 saturated heterocycles. The molecule has 0 unspecified atom stereocenters. The predicted molar refractivity (Wildman–Crippen MR) is 136 cm³/mol. The summed E-state index contributed by atoms with van der Waals surface area (Å²) in [5.74, 6) is -0.707. The van der Waals surface area contributed by atoms with Crippen LogP contribution in [0.25, 0.3) is 6.08 Å². The molecule has 10 nitrogen and oxygen atoms in total. The molecule has 1 fully saturated rings. The Balaban J connectivity index is 1.48. The van der Waals surface area contributed by atoms with Crippen molar-refractivity contribution in [1.29, 1.82) is 0 Å². The van der Waals surface area contributed by atoms with E-state index >= 15 is 0 Å². The lowest BCUT2D eigenvalue weighted by Crippen LogP contribution is -2.54. The van der Waals surface area contributed by atoms with Crippen LogP contribution in [0.5, 0.6) is 17.2 Å². The van der Waals surface area contributed by atoms with Crippen molar-refractivity contribution >= 4 is 41.2 Å². The molecule has 0 atom stereocenters. The normalized spacial score (nSPS) is 14.3. The summed E-state index contributed by atoms with van der Waals surface area (Å²) < 4.78 is 16.1. The number of barbiturate groups is 1. The van der Waals surface area contributed by atoms with Crippen LogP contribution in [0.1, 0.15) is 5.56 Å². The highest BCUT2D eigenvalue weighted by Crippen LogP contribution is 2.30. The number of benzene rings is 3. The fraction of sp³-hybridized carbons (Fsp3) is 0.111. The number of methoxy groups -OCH3 is 2. The van der Waals surface area contributed by atoms with Gasteiger partial charge in [0.05, 0.1) is 19.9 Å². The largest absolute Gasteiger partial charge is 0.497 e. The van der Waals surface area contributed by atoms with Crippen molar-refractivity contribution in [2.24, 2.45) is 0 Å². The van der Waals surface area contributed by atoms with E-state index in [2.05, 4.69) is 10.6 Å². The van der Waals surface area contributed by atoms with Gasteiger partial charge in [-0.2, -0.15) is 0 Å². The molecule has 1 heterocycles. The number of rotatable bonds is 8. The summed E-state index contributed by atoms with van der Waals surface area (Å²) in [6, 6.07) is 19.0. The molecular formula is C27H23N3O7. The Morgan fingerprint density at radius 1 is 0.919 bits per heavy atom. The number of anilines is 2. The van der Waals surface area contributed by atoms with Crippen molar-refractivity contribution in [2.75, 3.05) is 31.0 Å². The fourth-order valence-electron chi connectivity index (χ4n) is 3.54. The Morgan fingerprint density at radius 3 is 2.32 bits per heavy atom. The zero-order chi connectivity index (χ0) is 26.4. The van der Waals surface area contributed by atoms with Crippen LogP contribution in [-0.4, -0.2) is 44.6 Å². The Kier molecular flexibility index (Phi) is 7.48. The van der Waals surface area contributed by atoms with E-state index in [0.717, 1.165) is 4.90 Å². The number of urea groups is 1. The van der Waals surface area contributed by atoms with Crippen LogP contribution < -0.4 is 29.7 Å². The maximum atomic E-state index is 13.0. The second kappa shape index (κ2) is 11.1. The minimum atomic E-state index is -0.826. The molecule has 0 aromatic heterocycles. The molecule has 0 aliphatic carbocycles. The van der Waals surface area contributed by atoms with Crippen LogP contribution in [0.3, 0.4) is 0 Å². The van der Waals surface area contributed by atoms with Crippen molar-refractivity contribution in [3.63, 3.8) is 0 Å². The standard InChI is InChI=1S/C27H23N3O7/c1-35-20-11-9-18(10-12-20)28-24(31)16-37-22-13-8-17(15-23(22)36-2)14-21-25(32)29-27(34)30(26(21)33)19-6-4-3-5-7-19/h3-15H,16H2,1-2H3,(H,28,31)(H,29,32,34)/b21-14-. The van der Waals surface area contributed by atoms with E-state index in [4.69, 9.17) is 14.2 Å². The molecule has 5 amide bonds. The molecule has 1 aliphatic rings. The lowest BCUT2D eigenvalue weighted by atomic mass is 10.1. The van der Waals surface area contributed by atoms with Gasteiger partial charge < -0.3 is 19.5 Å². The molecule has 10 heteroatoms. The highest BCUT2D eigenvalue weighted by atomic mass is 16.5. The van der Waals surface area contributed by atoms with Gasteiger partial charge in [0.2, 0.25) is 0 Å². The number of hydrogen-bond acceptors (Lipinski definition) is 7. The summed E-state index contributed by atoms with van der Waals surface area (Å²) in [5, 5.41) is 4.89. The number of nitrogens with zero attached hydrogens (tertiary/aromatic N) is 1. The van der Waals surface area contributed by atoms with Crippen LogP contribution in [0.4, 0.5) is 16.2 Å². The fourth-order valence-corrected chi connectivity index (χ4v) is 3.54. The van der Waals surface area contributed by atoms with E-state index in [-0.39, 0.29) is 29.6 Å². The van der Waals surface area contributed by atoms with Crippen LogP contribution in [-0.2, 0) is 14.4 Å². The second-order valence-electron chi connectivity index (χ2n) is 7.77. The van der Waals surface area contributed by atoms with E-state index < -0.39 is 17.8 Å². The molecule has 3 aromatic rings. The zero-order valence-corrected chi connectivity index (χ0v) is 20.0. The topological polar surface area (TPSA) is 123 Å². The Morgan fingerprint density at radius 2 is 1.65 bits per heavy atom. The molecule has 2 N–H and O–H groups in total. The average Bonchev–Trinajstić information content (AvgIpc) is 2.91. The maximum absolute atomic E-state index is 13.0. The van der Waals surface area contributed by atoms with E-state index in [1.165, 1.54) is 13.2 Å². The first-order valence-electron chi connectivity index (χ1n) is 11.1. The number of nitrogens with one attached hydrogen (secondary N) is 2. The van der Waals surface area contributed by atoms with Crippen molar-refractivity contribution in [3.05, 3.63) is 83.9 Å². The molecule has 37 heavy (non-hydrogen) atoms. The minimum absolute atomic E-state index is 0.224. The van der Waals surface area contributed by atoms with Crippen LogP contribution in [0.2, 0.25) is 0 Å². The summed E-state index contributed by atoms with van der Waals surface area (Å²) in [7, 11) is 2.98. The van der Waals surface area contributed by atoms with Crippen molar-refractivity contribution < 1.29 is 33.4 Å². The Hall–Kier alpha value is -5.12. The summed E-state index contributed by atoms with van der Waals surface area (Å²) in [5.41, 5.74) is 1.14. The lowest BCUT2D eigenvalue weighted by molar-refractivity contribution is -0.122. The van der Waals surface area contributed by atoms with E-state index in [0.29, 0.717) is 22.7 Å².